The lowest BCUT2D eigenvalue weighted by atomic mass is 10.0. The lowest BCUT2D eigenvalue weighted by molar-refractivity contribution is -0.0589. The van der Waals surface area contributed by atoms with E-state index in [1.165, 1.54) is 7.11 Å². The van der Waals surface area contributed by atoms with E-state index in [0.29, 0.717) is 50.8 Å². The van der Waals surface area contributed by atoms with Crippen LogP contribution in [-0.4, -0.2) is 45.3 Å². The number of pyridine rings is 2. The van der Waals surface area contributed by atoms with Crippen LogP contribution in [0.1, 0.15) is 33.7 Å². The van der Waals surface area contributed by atoms with E-state index in [-0.39, 0.29) is 41.8 Å². The van der Waals surface area contributed by atoms with E-state index in [1.807, 2.05) is 4.57 Å². The second kappa shape index (κ2) is 12.4. The summed E-state index contributed by atoms with van der Waals surface area (Å²) in [5.74, 6) is -0.978. The van der Waals surface area contributed by atoms with Crippen molar-refractivity contribution in [1.29, 1.82) is 0 Å². The van der Waals surface area contributed by atoms with E-state index in [1.54, 1.807) is 48.7 Å². The van der Waals surface area contributed by atoms with Crippen LogP contribution in [-0.2, 0) is 29.0 Å². The van der Waals surface area contributed by atoms with Gasteiger partial charge in [0.05, 0.1) is 47.1 Å². The van der Waals surface area contributed by atoms with Gasteiger partial charge < -0.3 is 18.8 Å². The van der Waals surface area contributed by atoms with Crippen LogP contribution in [0.15, 0.2) is 65.4 Å². The van der Waals surface area contributed by atoms with Crippen molar-refractivity contribution in [2.24, 2.45) is 0 Å². The molecule has 6 rings (SSSR count). The fourth-order valence-corrected chi connectivity index (χ4v) is 5.49. The normalized spacial score (nSPS) is 14.5. The number of ether oxygens (including phenoxy) is 3. The van der Waals surface area contributed by atoms with E-state index in [2.05, 4.69) is 30.9 Å². The topological polar surface area (TPSA) is 88.4 Å². The van der Waals surface area contributed by atoms with Crippen LogP contribution < -0.4 is 4.74 Å². The van der Waals surface area contributed by atoms with Gasteiger partial charge in [-0.05, 0) is 70.4 Å². The number of hydrogen-bond donors (Lipinski definition) is 0. The minimum absolute atomic E-state index is 0.00543. The molecule has 2 aromatic carbocycles. The predicted molar refractivity (Wildman–Crippen MR) is 159 cm³/mol. The molecule has 1 saturated heterocycles. The fourth-order valence-electron chi connectivity index (χ4n) is 4.82. The zero-order valence-corrected chi connectivity index (χ0v) is 25.2. The van der Waals surface area contributed by atoms with Crippen LogP contribution in [0, 0.1) is 11.6 Å². The maximum Gasteiger partial charge on any atom is 0.337 e. The monoisotopic (exact) mass is 668 g/mol. The van der Waals surface area contributed by atoms with Crippen molar-refractivity contribution in [2.75, 3.05) is 13.7 Å². The average molecular weight is 670 g/mol. The van der Waals surface area contributed by atoms with Gasteiger partial charge in [-0.1, -0.05) is 17.7 Å². The number of nitrogens with zero attached hydrogens (tertiary/aromatic N) is 4. The number of benzene rings is 2. The molecule has 4 heterocycles. The summed E-state index contributed by atoms with van der Waals surface area (Å²) >= 11 is 9.49. The van der Waals surface area contributed by atoms with Crippen LogP contribution in [0.3, 0.4) is 0 Å². The van der Waals surface area contributed by atoms with Gasteiger partial charge in [0.1, 0.15) is 28.7 Å². The second-order valence-electron chi connectivity index (χ2n) is 9.96. The SMILES string of the molecule is COC(=O)c1ccc2nc(Cc3cc(F)c(-c4cccc(OCc5cnc(Br)cc5Cl)n4)cc3F)n(C[C@@H]3CCO3)c2c1. The van der Waals surface area contributed by atoms with E-state index in [4.69, 9.17) is 25.8 Å². The summed E-state index contributed by atoms with van der Waals surface area (Å²) in [5.41, 5.74) is 2.67. The highest BCUT2D eigenvalue weighted by atomic mass is 79.9. The number of carbonyl (C=O) groups is 1. The molecule has 12 heteroatoms. The standard InChI is InChI=1S/C31H24BrClF2N4O4/c1-41-31(40)17-5-6-26-27(10-17)39(15-20-7-8-42-20)29(37-26)11-18-9-24(35)21(12-23(18)34)25-3-2-4-30(38-25)43-16-19-14-36-28(32)13-22(19)33/h2-6,9-10,12-14,20H,7-8,11,15-16H2,1H3/t20-/m0/s1. The lowest BCUT2D eigenvalue weighted by Gasteiger charge is -2.27. The highest BCUT2D eigenvalue weighted by Gasteiger charge is 2.24. The highest BCUT2D eigenvalue weighted by Crippen LogP contribution is 2.29. The van der Waals surface area contributed by atoms with Crippen LogP contribution in [0.5, 0.6) is 5.88 Å². The molecule has 0 saturated carbocycles. The minimum Gasteiger partial charge on any atom is -0.473 e. The molecular formula is C31H24BrClF2N4O4. The highest BCUT2D eigenvalue weighted by molar-refractivity contribution is 9.10. The molecule has 8 nitrogen and oxygen atoms in total. The van der Waals surface area contributed by atoms with Crippen molar-refractivity contribution in [3.8, 4) is 17.1 Å². The average Bonchev–Trinajstić information content (AvgIpc) is 3.31. The van der Waals surface area contributed by atoms with E-state index in [0.717, 1.165) is 18.6 Å². The van der Waals surface area contributed by atoms with Gasteiger partial charge >= 0.3 is 5.97 Å². The Bertz CT molecular complexity index is 1850. The van der Waals surface area contributed by atoms with E-state index in [9.17, 15) is 4.79 Å². The molecule has 0 bridgehead atoms. The number of imidazole rings is 1. The maximum atomic E-state index is 15.5. The summed E-state index contributed by atoms with van der Waals surface area (Å²) in [5, 5.41) is 0.472. The van der Waals surface area contributed by atoms with Crippen LogP contribution in [0.2, 0.25) is 5.02 Å². The van der Waals surface area contributed by atoms with Crippen molar-refractivity contribution in [3.05, 3.63) is 105 Å². The van der Waals surface area contributed by atoms with Crippen molar-refractivity contribution >= 4 is 44.5 Å². The molecule has 220 valence electrons. The van der Waals surface area contributed by atoms with Gasteiger partial charge in [0.2, 0.25) is 5.88 Å². The first-order chi connectivity index (χ1) is 20.8. The first kappa shape index (κ1) is 29.2. The van der Waals surface area contributed by atoms with E-state index >= 15 is 8.78 Å². The summed E-state index contributed by atoms with van der Waals surface area (Å²) in [6.45, 7) is 1.23. The number of aromatic nitrogens is 4. The summed E-state index contributed by atoms with van der Waals surface area (Å²) in [6.07, 6.45) is 2.45. The molecule has 1 fully saturated rings. The Morgan fingerprint density at radius 1 is 1.12 bits per heavy atom. The number of halogens is 4. The molecule has 0 N–H and O–H groups in total. The summed E-state index contributed by atoms with van der Waals surface area (Å²) in [7, 11) is 1.31. The Morgan fingerprint density at radius 3 is 2.70 bits per heavy atom. The predicted octanol–water partition coefficient (Wildman–Crippen LogP) is 6.93. The van der Waals surface area contributed by atoms with Crippen molar-refractivity contribution < 1.29 is 27.8 Å². The molecule has 1 atom stereocenters. The molecular weight excluding hydrogens is 646 g/mol. The summed E-state index contributed by atoms with van der Waals surface area (Å²) < 4.78 is 49.7. The Labute approximate surface area is 258 Å². The quantitative estimate of drug-likeness (QED) is 0.124. The second-order valence-corrected chi connectivity index (χ2v) is 11.2. The lowest BCUT2D eigenvalue weighted by Crippen LogP contribution is -2.31. The van der Waals surface area contributed by atoms with Gasteiger partial charge in [0.25, 0.3) is 0 Å². The number of hydrogen-bond acceptors (Lipinski definition) is 7. The molecule has 0 unspecified atom stereocenters. The molecule has 0 radical (unpaired) electrons. The van der Waals surface area contributed by atoms with Gasteiger partial charge in [-0.2, -0.15) is 0 Å². The van der Waals surface area contributed by atoms with Crippen molar-refractivity contribution in [2.45, 2.75) is 32.1 Å². The third-order valence-electron chi connectivity index (χ3n) is 7.18. The zero-order chi connectivity index (χ0) is 30.1. The molecule has 5 aromatic rings. The van der Waals surface area contributed by atoms with Gasteiger partial charge in [0, 0.05) is 36.4 Å². The summed E-state index contributed by atoms with van der Waals surface area (Å²) in [6, 6.07) is 13.8. The molecule has 3 aromatic heterocycles. The third kappa shape index (κ3) is 6.24. The Balaban J connectivity index is 1.27. The fraction of sp³-hybridized carbons (Fsp3) is 0.226. The third-order valence-corrected chi connectivity index (χ3v) is 7.97. The molecule has 0 aliphatic carbocycles. The Hall–Kier alpha value is -3.93. The van der Waals surface area contributed by atoms with Gasteiger partial charge in [-0.25, -0.2) is 28.5 Å². The molecule has 0 amide bonds. The van der Waals surface area contributed by atoms with Crippen molar-refractivity contribution in [1.82, 2.24) is 19.5 Å². The number of carbonyl (C=O) groups excluding carboxylic acids is 1. The number of methoxy groups -OCH3 is 1. The smallest absolute Gasteiger partial charge is 0.337 e. The van der Waals surface area contributed by atoms with Gasteiger partial charge in [-0.3, -0.25) is 0 Å². The molecule has 0 spiro atoms. The molecule has 43 heavy (non-hydrogen) atoms. The zero-order valence-electron chi connectivity index (χ0n) is 22.8. The number of fused-ring (bicyclic) bond motifs is 1. The number of esters is 1. The first-order valence-electron chi connectivity index (χ1n) is 13.4. The molecule has 1 aliphatic rings. The largest absolute Gasteiger partial charge is 0.473 e. The molecule has 1 aliphatic heterocycles. The first-order valence-corrected chi connectivity index (χ1v) is 14.5. The van der Waals surface area contributed by atoms with E-state index < -0.39 is 17.6 Å². The van der Waals surface area contributed by atoms with Crippen LogP contribution in [0.4, 0.5) is 8.78 Å². The van der Waals surface area contributed by atoms with Crippen molar-refractivity contribution in [3.63, 3.8) is 0 Å². The Kier molecular flexibility index (Phi) is 8.38. The van der Waals surface area contributed by atoms with Gasteiger partial charge in [0.15, 0.2) is 0 Å². The van der Waals surface area contributed by atoms with Crippen LogP contribution in [0.25, 0.3) is 22.3 Å². The minimum atomic E-state index is -0.640. The van der Waals surface area contributed by atoms with Crippen LogP contribution >= 0.6 is 27.5 Å². The maximum absolute atomic E-state index is 15.5. The Morgan fingerprint density at radius 2 is 1.95 bits per heavy atom. The number of rotatable bonds is 9. The summed E-state index contributed by atoms with van der Waals surface area (Å²) in [4.78, 5) is 25.3. The van der Waals surface area contributed by atoms with Gasteiger partial charge in [-0.15, -0.1) is 0 Å².